The molecule has 0 radical (unpaired) electrons. The first-order valence-corrected chi connectivity index (χ1v) is 5.82. The van der Waals surface area contributed by atoms with Gasteiger partial charge in [0.1, 0.15) is 5.65 Å². The summed E-state index contributed by atoms with van der Waals surface area (Å²) < 4.78 is 1.09. The van der Waals surface area contributed by atoms with Crippen LogP contribution in [-0.4, -0.2) is 9.97 Å². The summed E-state index contributed by atoms with van der Waals surface area (Å²) in [6, 6.07) is 12.3. The van der Waals surface area contributed by atoms with E-state index in [1.807, 2.05) is 24.4 Å². The van der Waals surface area contributed by atoms with Crippen LogP contribution in [0.4, 0.5) is 0 Å². The number of nitrogens with one attached hydrogen (secondary N) is 1. The molecule has 2 nitrogen and oxygen atoms in total. The maximum atomic E-state index is 4.28. The van der Waals surface area contributed by atoms with Crippen LogP contribution in [0.1, 0.15) is 0 Å². The zero-order valence-electron chi connectivity index (χ0n) is 8.44. The molecule has 2 heterocycles. The van der Waals surface area contributed by atoms with Gasteiger partial charge in [0.2, 0.25) is 0 Å². The first-order valence-electron chi connectivity index (χ1n) is 5.02. The summed E-state index contributed by atoms with van der Waals surface area (Å²) in [5.74, 6) is 0. The fourth-order valence-electron chi connectivity index (χ4n) is 1.85. The molecule has 2 aromatic heterocycles. The quantitative estimate of drug-likeness (QED) is 0.713. The van der Waals surface area contributed by atoms with Gasteiger partial charge in [-0.1, -0.05) is 28.1 Å². The normalized spacial score (nSPS) is 10.8. The molecule has 0 aliphatic rings. The third-order valence-corrected chi connectivity index (χ3v) is 3.08. The van der Waals surface area contributed by atoms with E-state index in [0.29, 0.717) is 0 Å². The summed E-state index contributed by atoms with van der Waals surface area (Å²) in [6.45, 7) is 0. The van der Waals surface area contributed by atoms with Gasteiger partial charge in [0.05, 0.1) is 0 Å². The summed E-state index contributed by atoms with van der Waals surface area (Å²) >= 11 is 3.49. The lowest BCUT2D eigenvalue weighted by atomic mass is 10.1. The molecule has 1 N–H and O–H groups in total. The van der Waals surface area contributed by atoms with Crippen molar-refractivity contribution in [2.45, 2.75) is 0 Å². The summed E-state index contributed by atoms with van der Waals surface area (Å²) in [5, 5.41) is 1.15. The summed E-state index contributed by atoms with van der Waals surface area (Å²) in [4.78, 5) is 7.46. The van der Waals surface area contributed by atoms with E-state index >= 15 is 0 Å². The van der Waals surface area contributed by atoms with Crippen molar-refractivity contribution in [1.82, 2.24) is 9.97 Å². The topological polar surface area (TPSA) is 28.7 Å². The molecule has 1 aromatic carbocycles. The van der Waals surface area contributed by atoms with Crippen LogP contribution in [0.5, 0.6) is 0 Å². The Hall–Kier alpha value is -1.61. The molecule has 0 unspecified atom stereocenters. The van der Waals surface area contributed by atoms with E-state index in [4.69, 9.17) is 0 Å². The molecule has 0 atom stereocenters. The Labute approximate surface area is 101 Å². The minimum atomic E-state index is 0.928. The molecule has 3 rings (SSSR count). The number of H-pyrrole nitrogens is 1. The second-order valence-electron chi connectivity index (χ2n) is 3.61. The van der Waals surface area contributed by atoms with Gasteiger partial charge in [-0.15, -0.1) is 0 Å². The molecule has 0 fully saturated rings. The van der Waals surface area contributed by atoms with Gasteiger partial charge in [-0.05, 0) is 29.8 Å². The Morgan fingerprint density at radius 2 is 2.06 bits per heavy atom. The standard InChI is InChI=1S/C13H9BrN2/c14-10-4-1-3-9(7-10)12-8-16-13-11(12)5-2-6-15-13/h1-8H,(H,15,16). The number of rotatable bonds is 1. The highest BCUT2D eigenvalue weighted by molar-refractivity contribution is 9.10. The lowest BCUT2D eigenvalue weighted by Crippen LogP contribution is -1.76. The number of fused-ring (bicyclic) bond motifs is 1. The number of benzene rings is 1. The van der Waals surface area contributed by atoms with Gasteiger partial charge in [-0.25, -0.2) is 4.98 Å². The van der Waals surface area contributed by atoms with Crippen molar-refractivity contribution in [3.05, 3.63) is 53.3 Å². The van der Waals surface area contributed by atoms with E-state index in [-0.39, 0.29) is 0 Å². The smallest absolute Gasteiger partial charge is 0.137 e. The Balaban J connectivity index is 2.26. The molecule has 0 aliphatic heterocycles. The predicted octanol–water partition coefficient (Wildman–Crippen LogP) is 3.99. The van der Waals surface area contributed by atoms with Crippen LogP contribution in [0.3, 0.4) is 0 Å². The fraction of sp³-hybridized carbons (Fsp3) is 0. The Bertz CT molecular complexity index is 643. The van der Waals surface area contributed by atoms with Crippen molar-refractivity contribution in [3.63, 3.8) is 0 Å². The second kappa shape index (κ2) is 3.76. The van der Waals surface area contributed by atoms with Gasteiger partial charge in [0.15, 0.2) is 0 Å². The van der Waals surface area contributed by atoms with Gasteiger partial charge < -0.3 is 4.98 Å². The molecule has 0 aliphatic carbocycles. The van der Waals surface area contributed by atoms with Crippen molar-refractivity contribution in [1.29, 1.82) is 0 Å². The average Bonchev–Trinajstić information content (AvgIpc) is 2.72. The first kappa shape index (κ1) is 9.60. The highest BCUT2D eigenvalue weighted by atomic mass is 79.9. The number of pyridine rings is 1. The number of aromatic nitrogens is 2. The lowest BCUT2D eigenvalue weighted by molar-refractivity contribution is 1.33. The van der Waals surface area contributed by atoms with Gasteiger partial charge in [-0.3, -0.25) is 0 Å². The summed E-state index contributed by atoms with van der Waals surface area (Å²) in [6.07, 6.45) is 3.79. The number of halogens is 1. The van der Waals surface area contributed by atoms with E-state index in [9.17, 15) is 0 Å². The van der Waals surface area contributed by atoms with Crippen molar-refractivity contribution in [2.75, 3.05) is 0 Å². The molecule has 16 heavy (non-hydrogen) atoms. The first-order chi connectivity index (χ1) is 7.84. The SMILES string of the molecule is Brc1cccc(-c2c[nH]c3ncccc23)c1. The van der Waals surface area contributed by atoms with Crippen LogP contribution >= 0.6 is 15.9 Å². The molecule has 3 heteroatoms. The van der Waals surface area contributed by atoms with Crippen LogP contribution in [0, 0.1) is 0 Å². The Kier molecular flexibility index (Phi) is 2.26. The van der Waals surface area contributed by atoms with Crippen LogP contribution in [0.15, 0.2) is 53.3 Å². The molecule has 0 amide bonds. The number of aromatic amines is 1. The zero-order valence-corrected chi connectivity index (χ0v) is 10.0. The summed E-state index contributed by atoms with van der Waals surface area (Å²) in [7, 11) is 0. The number of hydrogen-bond donors (Lipinski definition) is 1. The van der Waals surface area contributed by atoms with E-state index in [1.165, 1.54) is 11.1 Å². The van der Waals surface area contributed by atoms with E-state index < -0.39 is 0 Å². The van der Waals surface area contributed by atoms with Crippen LogP contribution in [0.2, 0.25) is 0 Å². The number of hydrogen-bond acceptors (Lipinski definition) is 1. The largest absolute Gasteiger partial charge is 0.346 e. The van der Waals surface area contributed by atoms with Crippen LogP contribution in [-0.2, 0) is 0 Å². The van der Waals surface area contributed by atoms with Gasteiger partial charge in [0, 0.05) is 27.8 Å². The van der Waals surface area contributed by atoms with Crippen molar-refractivity contribution < 1.29 is 0 Å². The third kappa shape index (κ3) is 1.53. The molecule has 0 saturated heterocycles. The van der Waals surface area contributed by atoms with Crippen molar-refractivity contribution in [2.24, 2.45) is 0 Å². The monoisotopic (exact) mass is 272 g/mol. The highest BCUT2D eigenvalue weighted by Gasteiger charge is 2.05. The third-order valence-electron chi connectivity index (χ3n) is 2.59. The number of nitrogens with zero attached hydrogens (tertiary/aromatic N) is 1. The average molecular weight is 273 g/mol. The van der Waals surface area contributed by atoms with Gasteiger partial charge >= 0.3 is 0 Å². The maximum absolute atomic E-state index is 4.28. The van der Waals surface area contributed by atoms with E-state index in [2.05, 4.69) is 44.1 Å². The van der Waals surface area contributed by atoms with E-state index in [0.717, 1.165) is 15.5 Å². The molecule has 0 spiro atoms. The second-order valence-corrected chi connectivity index (χ2v) is 4.53. The van der Waals surface area contributed by atoms with Crippen molar-refractivity contribution >= 4 is 27.0 Å². The van der Waals surface area contributed by atoms with Crippen LogP contribution < -0.4 is 0 Å². The van der Waals surface area contributed by atoms with Crippen LogP contribution in [0.25, 0.3) is 22.2 Å². The fourth-order valence-corrected chi connectivity index (χ4v) is 2.25. The molecular formula is C13H9BrN2. The molecule has 0 saturated carbocycles. The lowest BCUT2D eigenvalue weighted by Gasteiger charge is -1.99. The van der Waals surface area contributed by atoms with Crippen molar-refractivity contribution in [3.8, 4) is 11.1 Å². The zero-order chi connectivity index (χ0) is 11.0. The molecule has 0 bridgehead atoms. The molecule has 3 aromatic rings. The Morgan fingerprint density at radius 3 is 2.94 bits per heavy atom. The minimum absolute atomic E-state index is 0.928. The van der Waals surface area contributed by atoms with Gasteiger partial charge in [0.25, 0.3) is 0 Å². The maximum Gasteiger partial charge on any atom is 0.137 e. The van der Waals surface area contributed by atoms with E-state index in [1.54, 1.807) is 6.20 Å². The highest BCUT2D eigenvalue weighted by Crippen LogP contribution is 2.28. The Morgan fingerprint density at radius 1 is 1.12 bits per heavy atom. The molecular weight excluding hydrogens is 264 g/mol. The summed E-state index contributed by atoms with van der Waals surface area (Å²) in [5.41, 5.74) is 3.30. The minimum Gasteiger partial charge on any atom is -0.346 e. The van der Waals surface area contributed by atoms with Gasteiger partial charge in [-0.2, -0.15) is 0 Å². The predicted molar refractivity (Wildman–Crippen MR) is 69.2 cm³/mol. The molecule has 78 valence electrons.